The second-order valence-electron chi connectivity index (χ2n) is 7.05. The van der Waals surface area contributed by atoms with E-state index in [1.54, 1.807) is 4.90 Å². The van der Waals surface area contributed by atoms with Gasteiger partial charge >= 0.3 is 6.09 Å². The van der Waals surface area contributed by atoms with E-state index in [1.807, 2.05) is 34.6 Å². The number of nitrogens with zero attached hydrogens (tertiary/aromatic N) is 2. The Bertz CT molecular complexity index is 555. The van der Waals surface area contributed by atoms with E-state index in [1.165, 1.54) is 0 Å². The normalized spacial score (nSPS) is 19.2. The molecule has 1 atom stereocenters. The molecule has 0 radical (unpaired) electrons. The van der Waals surface area contributed by atoms with Crippen molar-refractivity contribution in [2.24, 2.45) is 5.10 Å². The molecule has 1 fully saturated rings. The Morgan fingerprint density at radius 2 is 2.12 bits per heavy atom. The lowest BCUT2D eigenvalue weighted by atomic mass is 10.0. The zero-order valence-corrected chi connectivity index (χ0v) is 17.5. The maximum atomic E-state index is 12.4. The molecule has 1 rings (SSSR count). The van der Waals surface area contributed by atoms with Crippen LogP contribution in [0.3, 0.4) is 0 Å². The van der Waals surface area contributed by atoms with E-state index >= 15 is 0 Å². The zero-order chi connectivity index (χ0) is 19.7. The molecule has 0 aromatic carbocycles. The number of morpholine rings is 1. The molecule has 1 unspecified atom stereocenters. The highest BCUT2D eigenvalue weighted by molar-refractivity contribution is 7.80. The molecule has 148 valence electrons. The summed E-state index contributed by atoms with van der Waals surface area (Å²) in [5.74, 6) is 0. The number of hydrogen-bond donors (Lipinski definition) is 2. The first-order chi connectivity index (χ1) is 12.2. The van der Waals surface area contributed by atoms with Gasteiger partial charge in [0, 0.05) is 13.1 Å². The standard InChI is InChI=1S/C18H32N4O3S/c1-7-9-13(3)15(20-21-16(26)19-8-2)14-12-22(10-11-24-14)17(23)25-18(4,5)6/h9,14H,7-8,10-12H2,1-6H3,(H2,19,21,26)/b13-9-,20-15+. The van der Waals surface area contributed by atoms with Crippen LogP contribution in [0.4, 0.5) is 4.79 Å². The highest BCUT2D eigenvalue weighted by atomic mass is 32.1. The van der Waals surface area contributed by atoms with Crippen molar-refractivity contribution in [3.8, 4) is 0 Å². The SMILES string of the molecule is CC/C=C(C)\C(=N/NC(=S)NCC)C1CN(C(=O)OC(C)(C)C)CCO1. The maximum Gasteiger partial charge on any atom is 0.410 e. The largest absolute Gasteiger partial charge is 0.444 e. The molecule has 1 aliphatic rings. The Labute approximate surface area is 162 Å². The lowest BCUT2D eigenvalue weighted by molar-refractivity contribution is -0.0209. The van der Waals surface area contributed by atoms with Gasteiger partial charge in [-0.1, -0.05) is 13.0 Å². The van der Waals surface area contributed by atoms with Gasteiger partial charge in [-0.15, -0.1) is 0 Å². The van der Waals surface area contributed by atoms with Gasteiger partial charge in [0.15, 0.2) is 5.11 Å². The van der Waals surface area contributed by atoms with Crippen LogP contribution in [0, 0.1) is 0 Å². The van der Waals surface area contributed by atoms with E-state index < -0.39 is 5.60 Å². The molecule has 2 N–H and O–H groups in total. The summed E-state index contributed by atoms with van der Waals surface area (Å²) in [5.41, 5.74) is 4.06. The average molecular weight is 385 g/mol. The molecule has 0 aromatic rings. The molecule has 1 heterocycles. The van der Waals surface area contributed by atoms with E-state index in [0.717, 1.165) is 17.7 Å². The Morgan fingerprint density at radius 3 is 2.69 bits per heavy atom. The van der Waals surface area contributed by atoms with Gasteiger partial charge in [0.05, 0.1) is 18.9 Å². The fourth-order valence-corrected chi connectivity index (χ4v) is 2.63. The number of amides is 1. The van der Waals surface area contributed by atoms with Gasteiger partial charge in [0.25, 0.3) is 0 Å². The third kappa shape index (κ3) is 7.70. The molecule has 26 heavy (non-hydrogen) atoms. The summed E-state index contributed by atoms with van der Waals surface area (Å²) in [6.45, 7) is 13.6. The van der Waals surface area contributed by atoms with Gasteiger partial charge in [-0.05, 0) is 58.8 Å². The minimum Gasteiger partial charge on any atom is -0.444 e. The van der Waals surface area contributed by atoms with Crippen molar-refractivity contribution in [1.82, 2.24) is 15.6 Å². The van der Waals surface area contributed by atoms with Gasteiger partial charge in [-0.3, -0.25) is 5.43 Å². The molecule has 0 spiro atoms. The first-order valence-electron chi connectivity index (χ1n) is 9.06. The highest BCUT2D eigenvalue weighted by Gasteiger charge is 2.31. The van der Waals surface area contributed by atoms with E-state index in [0.29, 0.717) is 31.4 Å². The third-order valence-electron chi connectivity index (χ3n) is 3.55. The average Bonchev–Trinajstić information content (AvgIpc) is 2.54. The van der Waals surface area contributed by atoms with Crippen molar-refractivity contribution < 1.29 is 14.3 Å². The fourth-order valence-electron chi connectivity index (χ4n) is 2.44. The van der Waals surface area contributed by atoms with Gasteiger partial charge in [-0.2, -0.15) is 5.10 Å². The predicted molar refractivity (Wildman–Crippen MR) is 108 cm³/mol. The number of allylic oxidation sites excluding steroid dienone is 1. The summed E-state index contributed by atoms with van der Waals surface area (Å²) >= 11 is 5.17. The monoisotopic (exact) mass is 384 g/mol. The Kier molecular flexibility index (Phi) is 9.01. The number of carbonyl (C=O) groups is 1. The number of thiocarbonyl (C=S) groups is 1. The van der Waals surface area contributed by atoms with Crippen molar-refractivity contribution in [1.29, 1.82) is 0 Å². The quantitative estimate of drug-likeness (QED) is 0.431. The van der Waals surface area contributed by atoms with Gasteiger partial charge in [0.1, 0.15) is 11.7 Å². The summed E-state index contributed by atoms with van der Waals surface area (Å²) in [7, 11) is 0. The van der Waals surface area contributed by atoms with Crippen molar-refractivity contribution in [3.63, 3.8) is 0 Å². The van der Waals surface area contributed by atoms with Gasteiger partial charge < -0.3 is 19.7 Å². The minimum absolute atomic E-state index is 0.335. The van der Waals surface area contributed by atoms with Gasteiger partial charge in [-0.25, -0.2) is 4.79 Å². The van der Waals surface area contributed by atoms with E-state index in [9.17, 15) is 4.79 Å². The van der Waals surface area contributed by atoms with Crippen LogP contribution >= 0.6 is 12.2 Å². The molecule has 8 heteroatoms. The summed E-state index contributed by atoms with van der Waals surface area (Å²) in [5, 5.41) is 7.89. The second-order valence-corrected chi connectivity index (χ2v) is 7.46. The number of carbonyl (C=O) groups excluding carboxylic acids is 1. The van der Waals surface area contributed by atoms with Crippen LogP contribution < -0.4 is 10.7 Å². The molecular formula is C18H32N4O3S. The lowest BCUT2D eigenvalue weighted by Crippen LogP contribution is -2.50. The predicted octanol–water partition coefficient (Wildman–Crippen LogP) is 2.82. The second kappa shape index (κ2) is 10.5. The van der Waals surface area contributed by atoms with E-state index in [-0.39, 0.29) is 12.2 Å². The molecule has 1 amide bonds. The van der Waals surface area contributed by atoms with Crippen molar-refractivity contribution in [3.05, 3.63) is 11.6 Å². The number of rotatable bonds is 5. The minimum atomic E-state index is -0.528. The zero-order valence-electron chi connectivity index (χ0n) is 16.7. The van der Waals surface area contributed by atoms with Crippen molar-refractivity contribution in [2.75, 3.05) is 26.2 Å². The molecule has 0 saturated carbocycles. The van der Waals surface area contributed by atoms with Crippen LogP contribution in [0.2, 0.25) is 0 Å². The fraction of sp³-hybridized carbons (Fsp3) is 0.722. The first-order valence-corrected chi connectivity index (χ1v) is 9.46. The molecular weight excluding hydrogens is 352 g/mol. The van der Waals surface area contributed by atoms with Crippen molar-refractivity contribution >= 4 is 29.1 Å². The summed E-state index contributed by atoms with van der Waals surface area (Å²) in [6.07, 6.45) is 2.28. The smallest absolute Gasteiger partial charge is 0.410 e. The Hall–Kier alpha value is -1.67. The lowest BCUT2D eigenvalue weighted by Gasteiger charge is -2.34. The number of hydrazone groups is 1. The van der Waals surface area contributed by atoms with Crippen LogP contribution in [-0.2, 0) is 9.47 Å². The number of nitrogens with one attached hydrogen (secondary N) is 2. The van der Waals surface area contributed by atoms with Crippen LogP contribution in [0.1, 0.15) is 48.0 Å². The Balaban J connectivity index is 2.91. The Morgan fingerprint density at radius 1 is 1.42 bits per heavy atom. The van der Waals surface area contributed by atoms with Crippen LogP contribution in [0.5, 0.6) is 0 Å². The number of ether oxygens (including phenoxy) is 2. The molecule has 0 aromatic heterocycles. The maximum absolute atomic E-state index is 12.4. The summed E-state index contributed by atoms with van der Waals surface area (Å²) < 4.78 is 11.4. The summed E-state index contributed by atoms with van der Waals surface area (Å²) in [6, 6.07) is 0. The van der Waals surface area contributed by atoms with Crippen LogP contribution in [-0.4, -0.2) is 59.8 Å². The molecule has 0 aliphatic carbocycles. The molecule has 0 bridgehead atoms. The molecule has 1 aliphatic heterocycles. The van der Waals surface area contributed by atoms with Gasteiger partial charge in [0.2, 0.25) is 0 Å². The topological polar surface area (TPSA) is 75.2 Å². The molecule has 7 nitrogen and oxygen atoms in total. The van der Waals surface area contributed by atoms with E-state index in [2.05, 4.69) is 28.8 Å². The highest BCUT2D eigenvalue weighted by Crippen LogP contribution is 2.16. The first kappa shape index (κ1) is 22.4. The third-order valence-corrected chi connectivity index (χ3v) is 3.79. The number of hydrogen-bond acceptors (Lipinski definition) is 5. The van der Waals surface area contributed by atoms with E-state index in [4.69, 9.17) is 21.7 Å². The van der Waals surface area contributed by atoms with Crippen molar-refractivity contribution in [2.45, 2.75) is 59.7 Å². The summed E-state index contributed by atoms with van der Waals surface area (Å²) in [4.78, 5) is 14.0. The molecule has 1 saturated heterocycles. The van der Waals surface area contributed by atoms with Crippen LogP contribution in [0.15, 0.2) is 16.8 Å². The van der Waals surface area contributed by atoms with Crippen LogP contribution in [0.25, 0.3) is 0 Å².